The summed E-state index contributed by atoms with van der Waals surface area (Å²) in [5, 5.41) is 4.12. The number of nitrogens with one attached hydrogen (secondary N) is 1. The Kier molecular flexibility index (Phi) is 6.23. The van der Waals surface area contributed by atoms with Crippen molar-refractivity contribution in [1.82, 2.24) is 5.43 Å². The summed E-state index contributed by atoms with van der Waals surface area (Å²) < 4.78 is 17.6. The van der Waals surface area contributed by atoms with E-state index in [1.165, 1.54) is 0 Å². The van der Waals surface area contributed by atoms with E-state index in [9.17, 15) is 9.35 Å². The summed E-state index contributed by atoms with van der Waals surface area (Å²) in [6, 6.07) is 5.60. The molecule has 5 nitrogen and oxygen atoms in total. The Morgan fingerprint density at radius 2 is 2.33 bits per heavy atom. The van der Waals surface area contributed by atoms with Gasteiger partial charge in [0.1, 0.15) is 5.75 Å². The van der Waals surface area contributed by atoms with Crippen LogP contribution in [-0.2, 0) is 16.0 Å². The van der Waals surface area contributed by atoms with Gasteiger partial charge in [-0.3, -0.25) is 4.79 Å². The molecule has 2 unspecified atom stereocenters. The van der Waals surface area contributed by atoms with Crippen LogP contribution >= 0.6 is 0 Å². The van der Waals surface area contributed by atoms with Crippen LogP contribution in [0.25, 0.3) is 5.57 Å². The van der Waals surface area contributed by atoms with Gasteiger partial charge in [-0.05, 0) is 59.6 Å². The van der Waals surface area contributed by atoms with Crippen molar-refractivity contribution in [3.8, 4) is 5.75 Å². The SMILES string of the molecule is C=CC[S+]([O-])c1ccc(C(C)=CC2=NNC(=O)CC2C)cc1OC. The van der Waals surface area contributed by atoms with Crippen molar-refractivity contribution in [3.05, 3.63) is 42.5 Å². The summed E-state index contributed by atoms with van der Waals surface area (Å²) in [5.41, 5.74) is 5.30. The molecule has 2 atom stereocenters. The second-order valence-electron chi connectivity index (χ2n) is 5.67. The number of allylic oxidation sites excluding steroid dienone is 2. The van der Waals surface area contributed by atoms with Gasteiger partial charge in [-0.15, -0.1) is 0 Å². The van der Waals surface area contributed by atoms with Crippen LogP contribution in [0.15, 0.2) is 46.9 Å². The van der Waals surface area contributed by atoms with E-state index >= 15 is 0 Å². The summed E-state index contributed by atoms with van der Waals surface area (Å²) >= 11 is -1.17. The number of hydrogen-bond donors (Lipinski definition) is 1. The Hall–Kier alpha value is -2.05. The molecule has 1 aromatic carbocycles. The van der Waals surface area contributed by atoms with Crippen LogP contribution < -0.4 is 10.2 Å². The van der Waals surface area contributed by atoms with Gasteiger partial charge in [0.15, 0.2) is 10.6 Å². The molecule has 128 valence electrons. The maximum atomic E-state index is 12.2. The van der Waals surface area contributed by atoms with E-state index in [0.717, 1.165) is 16.8 Å². The number of hydrogen-bond acceptors (Lipinski definition) is 4. The van der Waals surface area contributed by atoms with Crippen LogP contribution in [0.4, 0.5) is 0 Å². The van der Waals surface area contributed by atoms with Gasteiger partial charge >= 0.3 is 0 Å². The van der Waals surface area contributed by atoms with Gasteiger partial charge in [0.25, 0.3) is 0 Å². The van der Waals surface area contributed by atoms with E-state index in [1.807, 2.05) is 38.1 Å². The minimum absolute atomic E-state index is 0.0620. The third-order valence-corrected chi connectivity index (χ3v) is 5.17. The lowest BCUT2D eigenvalue weighted by Crippen LogP contribution is -2.30. The predicted octanol–water partition coefficient (Wildman–Crippen LogP) is 2.90. The van der Waals surface area contributed by atoms with Crippen molar-refractivity contribution in [2.24, 2.45) is 11.0 Å². The van der Waals surface area contributed by atoms with Gasteiger partial charge in [-0.2, -0.15) is 5.10 Å². The molecule has 1 amide bonds. The second kappa shape index (κ2) is 8.17. The van der Waals surface area contributed by atoms with Crippen molar-refractivity contribution < 1.29 is 14.1 Å². The lowest BCUT2D eigenvalue weighted by molar-refractivity contribution is -0.121. The van der Waals surface area contributed by atoms with Gasteiger partial charge in [-0.25, -0.2) is 5.43 Å². The molecule has 2 rings (SSSR count). The molecular formula is C18H22N2O3S. The topological polar surface area (TPSA) is 73.8 Å². The largest absolute Gasteiger partial charge is 0.611 e. The monoisotopic (exact) mass is 346 g/mol. The zero-order valence-corrected chi connectivity index (χ0v) is 15.0. The normalized spacial score (nSPS) is 19.3. The van der Waals surface area contributed by atoms with E-state index in [2.05, 4.69) is 17.1 Å². The number of carbonyl (C=O) groups is 1. The Labute approximate surface area is 145 Å². The first-order valence-electron chi connectivity index (χ1n) is 7.68. The fourth-order valence-corrected chi connectivity index (χ4v) is 3.42. The highest BCUT2D eigenvalue weighted by Crippen LogP contribution is 2.29. The molecule has 0 bridgehead atoms. The van der Waals surface area contributed by atoms with Crippen molar-refractivity contribution in [3.63, 3.8) is 0 Å². The number of amides is 1. The zero-order valence-electron chi connectivity index (χ0n) is 14.2. The van der Waals surface area contributed by atoms with Crippen LogP contribution in [0.5, 0.6) is 5.75 Å². The Morgan fingerprint density at radius 3 is 2.96 bits per heavy atom. The fraction of sp³-hybridized carbons (Fsp3) is 0.333. The van der Waals surface area contributed by atoms with E-state index in [0.29, 0.717) is 22.8 Å². The second-order valence-corrected chi connectivity index (χ2v) is 7.13. The van der Waals surface area contributed by atoms with Crippen molar-refractivity contribution in [1.29, 1.82) is 0 Å². The Morgan fingerprint density at radius 1 is 1.58 bits per heavy atom. The Balaban J connectivity index is 2.30. The zero-order chi connectivity index (χ0) is 17.7. The fourth-order valence-electron chi connectivity index (χ4n) is 2.44. The molecule has 0 radical (unpaired) electrons. The molecule has 1 aliphatic rings. The molecule has 0 saturated carbocycles. The molecular weight excluding hydrogens is 324 g/mol. The summed E-state index contributed by atoms with van der Waals surface area (Å²) in [7, 11) is 1.57. The van der Waals surface area contributed by atoms with Gasteiger partial charge in [0.05, 0.1) is 12.8 Å². The maximum Gasteiger partial charge on any atom is 0.240 e. The van der Waals surface area contributed by atoms with Crippen LogP contribution in [0.3, 0.4) is 0 Å². The summed E-state index contributed by atoms with van der Waals surface area (Å²) in [4.78, 5) is 12.0. The van der Waals surface area contributed by atoms with E-state index in [4.69, 9.17) is 4.74 Å². The first kappa shape index (κ1) is 18.3. The number of ether oxygens (including phenoxy) is 1. The number of carbonyl (C=O) groups excluding carboxylic acids is 1. The highest BCUT2D eigenvalue weighted by molar-refractivity contribution is 7.91. The molecule has 1 heterocycles. The van der Waals surface area contributed by atoms with Crippen molar-refractivity contribution >= 4 is 28.4 Å². The summed E-state index contributed by atoms with van der Waals surface area (Å²) in [6.07, 6.45) is 4.02. The number of methoxy groups -OCH3 is 1. The number of benzene rings is 1. The third kappa shape index (κ3) is 4.27. The number of nitrogens with zero attached hydrogens (tertiary/aromatic N) is 1. The predicted molar refractivity (Wildman–Crippen MR) is 97.5 cm³/mol. The molecule has 0 saturated heterocycles. The van der Waals surface area contributed by atoms with Crippen LogP contribution in [-0.4, -0.2) is 29.0 Å². The molecule has 0 aliphatic carbocycles. The number of rotatable bonds is 6. The van der Waals surface area contributed by atoms with E-state index < -0.39 is 11.2 Å². The van der Waals surface area contributed by atoms with Gasteiger partial charge < -0.3 is 9.29 Å². The van der Waals surface area contributed by atoms with E-state index in [1.54, 1.807) is 13.2 Å². The van der Waals surface area contributed by atoms with Gasteiger partial charge in [0.2, 0.25) is 5.91 Å². The van der Waals surface area contributed by atoms with Crippen molar-refractivity contribution in [2.75, 3.05) is 12.9 Å². The van der Waals surface area contributed by atoms with E-state index in [-0.39, 0.29) is 11.8 Å². The summed E-state index contributed by atoms with van der Waals surface area (Å²) in [5.74, 6) is 0.994. The minimum atomic E-state index is -1.17. The van der Waals surface area contributed by atoms with Gasteiger partial charge in [0, 0.05) is 12.3 Å². The molecule has 6 heteroatoms. The highest BCUT2D eigenvalue weighted by atomic mass is 32.2. The third-order valence-electron chi connectivity index (χ3n) is 3.80. The molecule has 1 aromatic rings. The smallest absolute Gasteiger partial charge is 0.240 e. The van der Waals surface area contributed by atoms with Crippen molar-refractivity contribution in [2.45, 2.75) is 25.2 Å². The average molecular weight is 346 g/mol. The maximum absolute atomic E-state index is 12.2. The van der Waals surface area contributed by atoms with Crippen LogP contribution in [0, 0.1) is 5.92 Å². The standard InChI is InChI=1S/C18H22N2O3S/c1-5-8-24(22)17-7-6-14(11-16(17)23-4)12(2)9-15-13(3)10-18(21)20-19-15/h5-7,9,11,13H,1,8,10H2,2-4H3,(H,20,21). The summed E-state index contributed by atoms with van der Waals surface area (Å²) in [6.45, 7) is 7.57. The lowest BCUT2D eigenvalue weighted by atomic mass is 9.96. The minimum Gasteiger partial charge on any atom is -0.611 e. The molecule has 0 aromatic heterocycles. The highest BCUT2D eigenvalue weighted by Gasteiger charge is 2.20. The molecule has 1 aliphatic heterocycles. The first-order valence-corrected chi connectivity index (χ1v) is 9.00. The van der Waals surface area contributed by atoms with Crippen LogP contribution in [0.1, 0.15) is 25.8 Å². The quantitative estimate of drug-likeness (QED) is 0.636. The average Bonchev–Trinajstić information content (AvgIpc) is 2.56. The molecule has 0 spiro atoms. The molecule has 1 N–H and O–H groups in total. The number of hydrazone groups is 1. The Bertz CT molecular complexity index is 698. The molecule has 24 heavy (non-hydrogen) atoms. The lowest BCUT2D eigenvalue weighted by Gasteiger charge is -2.17. The molecule has 0 fully saturated rings. The van der Waals surface area contributed by atoms with Gasteiger partial charge in [-0.1, -0.05) is 13.5 Å². The first-order chi connectivity index (χ1) is 11.5. The van der Waals surface area contributed by atoms with Crippen LogP contribution in [0.2, 0.25) is 0 Å².